The van der Waals surface area contributed by atoms with E-state index in [1.807, 2.05) is 29.2 Å². The predicted octanol–water partition coefficient (Wildman–Crippen LogP) is 4.03. The number of rotatable bonds is 2. The Bertz CT molecular complexity index is 738. The summed E-state index contributed by atoms with van der Waals surface area (Å²) in [5.41, 5.74) is 4.44. The minimum absolute atomic E-state index is 0.0468. The smallest absolute Gasteiger partial charge is 0.320 e. The second-order valence-corrected chi connectivity index (χ2v) is 7.22. The first-order valence-electron chi connectivity index (χ1n) is 8.08. The molecule has 1 saturated carbocycles. The molecule has 1 aliphatic heterocycles. The fourth-order valence-corrected chi connectivity index (χ4v) is 3.68. The third-order valence-electron chi connectivity index (χ3n) is 4.82. The summed E-state index contributed by atoms with van der Waals surface area (Å²) in [5.74, 6) is 0.586. The Balaban J connectivity index is 1.48. The van der Waals surface area contributed by atoms with Crippen molar-refractivity contribution in [3.63, 3.8) is 0 Å². The zero-order valence-electron chi connectivity index (χ0n) is 12.8. The van der Waals surface area contributed by atoms with E-state index >= 15 is 0 Å². The lowest BCUT2D eigenvalue weighted by Crippen LogP contribution is -2.39. The van der Waals surface area contributed by atoms with Crippen LogP contribution in [0.3, 0.4) is 0 Å². The number of aromatic amines is 1. The quantitative estimate of drug-likeness (QED) is 0.833. The Morgan fingerprint density at radius 1 is 1.39 bits per heavy atom. The van der Waals surface area contributed by atoms with Gasteiger partial charge in [0.05, 0.1) is 12.2 Å². The first kappa shape index (κ1) is 14.8. The van der Waals surface area contributed by atoms with Crippen LogP contribution in [0.25, 0.3) is 0 Å². The van der Waals surface area contributed by atoms with Gasteiger partial charge in [0.2, 0.25) is 0 Å². The fraction of sp³-hybridized carbons (Fsp3) is 0.412. The SMILES string of the molecule is O=C(Nc1cccc(Br)c1)N1CCc2[nH]nc(C3CCC3)c2C1. The highest BCUT2D eigenvalue weighted by molar-refractivity contribution is 9.10. The zero-order chi connectivity index (χ0) is 15.8. The van der Waals surface area contributed by atoms with E-state index in [1.165, 1.54) is 36.2 Å². The number of nitrogens with zero attached hydrogens (tertiary/aromatic N) is 2. The van der Waals surface area contributed by atoms with Crippen LogP contribution in [0, 0.1) is 0 Å². The van der Waals surface area contributed by atoms with Crippen LogP contribution in [0.1, 0.15) is 42.1 Å². The second-order valence-electron chi connectivity index (χ2n) is 6.31. The maximum absolute atomic E-state index is 12.5. The zero-order valence-corrected chi connectivity index (χ0v) is 14.4. The summed E-state index contributed by atoms with van der Waals surface area (Å²) in [6.45, 7) is 1.37. The monoisotopic (exact) mass is 374 g/mol. The van der Waals surface area contributed by atoms with Crippen molar-refractivity contribution in [2.45, 2.75) is 38.1 Å². The molecule has 1 aliphatic carbocycles. The van der Waals surface area contributed by atoms with Crippen molar-refractivity contribution in [1.82, 2.24) is 15.1 Å². The van der Waals surface area contributed by atoms with Crippen LogP contribution in [0.2, 0.25) is 0 Å². The van der Waals surface area contributed by atoms with Gasteiger partial charge in [-0.05, 0) is 31.0 Å². The number of urea groups is 1. The molecule has 0 bridgehead atoms. The van der Waals surface area contributed by atoms with Gasteiger partial charge in [0.1, 0.15) is 0 Å². The number of aromatic nitrogens is 2. The lowest BCUT2D eigenvalue weighted by Gasteiger charge is -2.30. The molecule has 4 rings (SSSR count). The van der Waals surface area contributed by atoms with Crippen LogP contribution in [0.4, 0.5) is 10.5 Å². The summed E-state index contributed by atoms with van der Waals surface area (Å²) in [6, 6.07) is 7.62. The van der Waals surface area contributed by atoms with E-state index in [0.717, 1.165) is 23.1 Å². The van der Waals surface area contributed by atoms with Crippen LogP contribution < -0.4 is 5.32 Å². The fourth-order valence-electron chi connectivity index (χ4n) is 3.28. The Labute approximate surface area is 143 Å². The molecule has 0 spiro atoms. The van der Waals surface area contributed by atoms with E-state index in [2.05, 4.69) is 31.4 Å². The molecule has 2 heterocycles. The molecule has 0 unspecified atom stereocenters. The number of carbonyl (C=O) groups excluding carboxylic acids is 1. The summed E-state index contributed by atoms with van der Waals surface area (Å²) in [7, 11) is 0. The Morgan fingerprint density at radius 3 is 3.00 bits per heavy atom. The van der Waals surface area contributed by atoms with Gasteiger partial charge in [-0.2, -0.15) is 5.10 Å². The first-order chi connectivity index (χ1) is 11.2. The molecule has 1 aromatic carbocycles. The van der Waals surface area contributed by atoms with Crippen LogP contribution >= 0.6 is 15.9 Å². The number of carbonyl (C=O) groups is 1. The van der Waals surface area contributed by atoms with Crippen molar-refractivity contribution in [3.8, 4) is 0 Å². The van der Waals surface area contributed by atoms with E-state index in [4.69, 9.17) is 0 Å². The maximum Gasteiger partial charge on any atom is 0.322 e. The van der Waals surface area contributed by atoms with E-state index < -0.39 is 0 Å². The number of anilines is 1. The highest BCUT2D eigenvalue weighted by Crippen LogP contribution is 2.38. The Kier molecular flexibility index (Phi) is 3.85. The van der Waals surface area contributed by atoms with E-state index in [9.17, 15) is 4.79 Å². The summed E-state index contributed by atoms with van der Waals surface area (Å²) >= 11 is 3.43. The topological polar surface area (TPSA) is 61.0 Å². The summed E-state index contributed by atoms with van der Waals surface area (Å²) < 4.78 is 0.957. The van der Waals surface area contributed by atoms with Gasteiger partial charge in [0.15, 0.2) is 0 Å². The van der Waals surface area contributed by atoms with Crippen molar-refractivity contribution < 1.29 is 4.79 Å². The lowest BCUT2D eigenvalue weighted by atomic mass is 9.81. The number of benzene rings is 1. The molecule has 2 aliphatic rings. The molecular formula is C17H19BrN4O. The van der Waals surface area contributed by atoms with Crippen LogP contribution in [-0.4, -0.2) is 27.7 Å². The second kappa shape index (κ2) is 6.00. The molecule has 120 valence electrons. The molecule has 23 heavy (non-hydrogen) atoms. The molecular weight excluding hydrogens is 356 g/mol. The molecule has 5 nitrogen and oxygen atoms in total. The van der Waals surface area contributed by atoms with Gasteiger partial charge in [-0.1, -0.05) is 28.4 Å². The normalized spacial score (nSPS) is 17.5. The number of hydrogen-bond acceptors (Lipinski definition) is 2. The molecule has 2 N–H and O–H groups in total. The average molecular weight is 375 g/mol. The van der Waals surface area contributed by atoms with E-state index in [0.29, 0.717) is 12.5 Å². The molecule has 1 fully saturated rings. The van der Waals surface area contributed by atoms with Crippen molar-refractivity contribution >= 4 is 27.6 Å². The molecule has 2 aromatic rings. The van der Waals surface area contributed by atoms with Crippen molar-refractivity contribution in [2.75, 3.05) is 11.9 Å². The number of H-pyrrole nitrogens is 1. The largest absolute Gasteiger partial charge is 0.322 e. The molecule has 0 atom stereocenters. The third kappa shape index (κ3) is 2.87. The summed E-state index contributed by atoms with van der Waals surface area (Å²) in [6.07, 6.45) is 4.59. The average Bonchev–Trinajstić information content (AvgIpc) is 2.88. The summed E-state index contributed by atoms with van der Waals surface area (Å²) in [4.78, 5) is 14.4. The van der Waals surface area contributed by atoms with Crippen LogP contribution in [0.15, 0.2) is 28.7 Å². The Morgan fingerprint density at radius 2 is 2.26 bits per heavy atom. The molecule has 6 heteroatoms. The van der Waals surface area contributed by atoms with Gasteiger partial charge >= 0.3 is 6.03 Å². The standard InChI is InChI=1S/C17H19BrN4O/c18-12-5-2-6-13(9-12)19-17(23)22-8-7-15-14(10-22)16(21-20-15)11-3-1-4-11/h2,5-6,9,11H,1,3-4,7-8,10H2,(H,19,23)(H,20,21). The molecule has 2 amide bonds. The first-order valence-corrected chi connectivity index (χ1v) is 8.87. The van der Waals surface area contributed by atoms with Crippen LogP contribution in [-0.2, 0) is 13.0 Å². The van der Waals surface area contributed by atoms with E-state index in [-0.39, 0.29) is 6.03 Å². The molecule has 0 radical (unpaired) electrons. The number of halogens is 1. The Hall–Kier alpha value is -1.82. The third-order valence-corrected chi connectivity index (χ3v) is 5.31. The predicted molar refractivity (Wildman–Crippen MR) is 92.5 cm³/mol. The molecule has 1 aromatic heterocycles. The van der Waals surface area contributed by atoms with Gasteiger partial charge < -0.3 is 10.2 Å². The van der Waals surface area contributed by atoms with Gasteiger partial charge in [-0.3, -0.25) is 5.10 Å². The van der Waals surface area contributed by atoms with Crippen molar-refractivity contribution in [3.05, 3.63) is 45.7 Å². The number of fused-ring (bicyclic) bond motifs is 1. The molecule has 0 saturated heterocycles. The minimum atomic E-state index is -0.0468. The number of hydrogen-bond donors (Lipinski definition) is 2. The number of amides is 2. The maximum atomic E-state index is 12.5. The highest BCUT2D eigenvalue weighted by atomic mass is 79.9. The van der Waals surface area contributed by atoms with Gasteiger partial charge in [0, 0.05) is 40.3 Å². The van der Waals surface area contributed by atoms with Crippen molar-refractivity contribution in [2.24, 2.45) is 0 Å². The van der Waals surface area contributed by atoms with Gasteiger partial charge in [-0.25, -0.2) is 4.79 Å². The summed E-state index contributed by atoms with van der Waals surface area (Å²) in [5, 5.41) is 10.7. The minimum Gasteiger partial charge on any atom is -0.320 e. The van der Waals surface area contributed by atoms with Crippen molar-refractivity contribution in [1.29, 1.82) is 0 Å². The highest BCUT2D eigenvalue weighted by Gasteiger charge is 2.30. The van der Waals surface area contributed by atoms with Gasteiger partial charge in [-0.15, -0.1) is 0 Å². The van der Waals surface area contributed by atoms with Crippen LogP contribution in [0.5, 0.6) is 0 Å². The number of nitrogens with one attached hydrogen (secondary N) is 2. The van der Waals surface area contributed by atoms with E-state index in [1.54, 1.807) is 0 Å². The van der Waals surface area contributed by atoms with Gasteiger partial charge in [0.25, 0.3) is 0 Å². The lowest BCUT2D eigenvalue weighted by molar-refractivity contribution is 0.205.